The zero-order valence-corrected chi connectivity index (χ0v) is 13.1. The Bertz CT molecular complexity index is 609. The van der Waals surface area contributed by atoms with Gasteiger partial charge in [-0.05, 0) is 38.1 Å². The summed E-state index contributed by atoms with van der Waals surface area (Å²) in [6.07, 6.45) is 0. The predicted molar refractivity (Wildman–Crippen MR) is 82.8 cm³/mol. The standard InChI is InChI=1S/C16H19FN2OS/c1-16(2)11-20-8-7-19(16)9-14-10-21-15(18-14)12-3-5-13(17)6-4-12/h3-6,10H,7-9,11H2,1-2H3. The lowest BCUT2D eigenvalue weighted by atomic mass is 10.0. The molecule has 2 aromatic rings. The molecule has 0 N–H and O–H groups in total. The number of nitrogens with zero attached hydrogens (tertiary/aromatic N) is 2. The lowest BCUT2D eigenvalue weighted by Gasteiger charge is -2.41. The maximum atomic E-state index is 13.0. The normalized spacial score (nSPS) is 18.8. The van der Waals surface area contributed by atoms with Gasteiger partial charge in [-0.1, -0.05) is 0 Å². The molecule has 0 atom stereocenters. The van der Waals surface area contributed by atoms with Crippen molar-refractivity contribution in [3.63, 3.8) is 0 Å². The van der Waals surface area contributed by atoms with E-state index in [0.29, 0.717) is 0 Å². The van der Waals surface area contributed by atoms with E-state index in [1.165, 1.54) is 12.1 Å². The monoisotopic (exact) mass is 306 g/mol. The van der Waals surface area contributed by atoms with Crippen molar-refractivity contribution >= 4 is 11.3 Å². The van der Waals surface area contributed by atoms with Gasteiger partial charge in [0.2, 0.25) is 0 Å². The lowest BCUT2D eigenvalue weighted by Crippen LogP contribution is -2.52. The van der Waals surface area contributed by atoms with Crippen LogP contribution in [0.25, 0.3) is 10.6 Å². The molecule has 0 amide bonds. The Morgan fingerprint density at radius 2 is 2.10 bits per heavy atom. The molecular weight excluding hydrogens is 287 g/mol. The minimum Gasteiger partial charge on any atom is -0.378 e. The summed E-state index contributed by atoms with van der Waals surface area (Å²) < 4.78 is 18.5. The smallest absolute Gasteiger partial charge is 0.123 e. The Morgan fingerprint density at radius 1 is 1.33 bits per heavy atom. The van der Waals surface area contributed by atoms with Crippen LogP contribution < -0.4 is 0 Å². The largest absolute Gasteiger partial charge is 0.378 e. The average Bonchev–Trinajstić information content (AvgIpc) is 2.90. The predicted octanol–water partition coefficient (Wildman–Crippen LogP) is 3.56. The van der Waals surface area contributed by atoms with Gasteiger partial charge in [0.25, 0.3) is 0 Å². The Morgan fingerprint density at radius 3 is 2.81 bits per heavy atom. The average molecular weight is 306 g/mol. The summed E-state index contributed by atoms with van der Waals surface area (Å²) in [4.78, 5) is 7.09. The lowest BCUT2D eigenvalue weighted by molar-refractivity contribution is -0.0557. The third kappa shape index (κ3) is 3.31. The molecule has 2 heterocycles. The van der Waals surface area contributed by atoms with Crippen molar-refractivity contribution in [3.8, 4) is 10.6 Å². The number of ether oxygens (including phenoxy) is 1. The Hall–Kier alpha value is -1.30. The maximum Gasteiger partial charge on any atom is 0.123 e. The van der Waals surface area contributed by atoms with Crippen LogP contribution in [0.1, 0.15) is 19.5 Å². The Labute approximate surface area is 128 Å². The third-order valence-electron chi connectivity index (χ3n) is 3.81. The van der Waals surface area contributed by atoms with Gasteiger partial charge in [-0.3, -0.25) is 4.90 Å². The van der Waals surface area contributed by atoms with Gasteiger partial charge in [0.15, 0.2) is 0 Å². The first-order valence-corrected chi connectivity index (χ1v) is 7.96. The number of hydrogen-bond donors (Lipinski definition) is 0. The van der Waals surface area contributed by atoms with Crippen LogP contribution in [-0.2, 0) is 11.3 Å². The van der Waals surface area contributed by atoms with Gasteiger partial charge in [-0.25, -0.2) is 9.37 Å². The molecule has 1 aliphatic heterocycles. The molecule has 0 radical (unpaired) electrons. The summed E-state index contributed by atoms with van der Waals surface area (Å²) in [6.45, 7) is 7.67. The minimum absolute atomic E-state index is 0.0396. The van der Waals surface area contributed by atoms with E-state index in [0.717, 1.165) is 42.6 Å². The highest BCUT2D eigenvalue weighted by atomic mass is 32.1. The molecule has 1 fully saturated rings. The first-order chi connectivity index (χ1) is 10.0. The summed E-state index contributed by atoms with van der Waals surface area (Å²) >= 11 is 1.61. The SMILES string of the molecule is CC1(C)COCCN1Cc1csc(-c2ccc(F)cc2)n1. The molecule has 0 aliphatic carbocycles. The summed E-state index contributed by atoms with van der Waals surface area (Å²) in [5, 5.41) is 3.03. The second-order valence-corrected chi connectivity index (χ2v) is 6.80. The number of benzene rings is 1. The van der Waals surface area contributed by atoms with Gasteiger partial charge >= 0.3 is 0 Å². The van der Waals surface area contributed by atoms with Crippen molar-refractivity contribution in [3.05, 3.63) is 41.2 Å². The molecule has 0 spiro atoms. The van der Waals surface area contributed by atoms with Crippen molar-refractivity contribution < 1.29 is 9.13 Å². The summed E-state index contributed by atoms with van der Waals surface area (Å²) in [6, 6.07) is 6.50. The Balaban J connectivity index is 1.74. The van der Waals surface area contributed by atoms with Crippen LogP contribution in [0, 0.1) is 5.82 Å². The van der Waals surface area contributed by atoms with Crippen molar-refractivity contribution in [2.45, 2.75) is 25.9 Å². The molecule has 1 aromatic heterocycles. The Kier molecular flexibility index (Phi) is 4.06. The minimum atomic E-state index is -0.217. The van der Waals surface area contributed by atoms with Gasteiger partial charge in [-0.15, -0.1) is 11.3 Å². The molecule has 3 nitrogen and oxygen atoms in total. The first kappa shape index (κ1) is 14.6. The highest BCUT2D eigenvalue weighted by Gasteiger charge is 2.30. The number of halogens is 1. The first-order valence-electron chi connectivity index (χ1n) is 7.08. The quantitative estimate of drug-likeness (QED) is 0.867. The fourth-order valence-corrected chi connectivity index (χ4v) is 3.30. The number of thiazole rings is 1. The molecule has 112 valence electrons. The molecule has 1 saturated heterocycles. The van der Waals surface area contributed by atoms with E-state index in [-0.39, 0.29) is 11.4 Å². The third-order valence-corrected chi connectivity index (χ3v) is 4.75. The summed E-state index contributed by atoms with van der Waals surface area (Å²) in [7, 11) is 0. The van der Waals surface area contributed by atoms with Crippen LogP contribution >= 0.6 is 11.3 Å². The zero-order valence-electron chi connectivity index (χ0n) is 12.3. The second kappa shape index (κ2) is 5.83. The van der Waals surface area contributed by atoms with Gasteiger partial charge in [0.05, 0.1) is 18.9 Å². The topological polar surface area (TPSA) is 25.4 Å². The van der Waals surface area contributed by atoms with E-state index in [4.69, 9.17) is 4.74 Å². The van der Waals surface area contributed by atoms with E-state index in [2.05, 4.69) is 29.1 Å². The summed E-state index contributed by atoms with van der Waals surface area (Å²) in [5.74, 6) is -0.217. The van der Waals surface area contributed by atoms with E-state index in [1.807, 2.05) is 0 Å². The van der Waals surface area contributed by atoms with Crippen LogP contribution in [0.15, 0.2) is 29.6 Å². The van der Waals surface area contributed by atoms with Crippen molar-refractivity contribution in [2.75, 3.05) is 19.8 Å². The fraction of sp³-hybridized carbons (Fsp3) is 0.438. The zero-order chi connectivity index (χ0) is 14.9. The van der Waals surface area contributed by atoms with Crippen LogP contribution in [-0.4, -0.2) is 35.2 Å². The van der Waals surface area contributed by atoms with Gasteiger partial charge < -0.3 is 4.74 Å². The van der Waals surface area contributed by atoms with Crippen molar-refractivity contribution in [2.24, 2.45) is 0 Å². The van der Waals surface area contributed by atoms with E-state index >= 15 is 0 Å². The molecule has 1 aromatic carbocycles. The van der Waals surface area contributed by atoms with Gasteiger partial charge in [-0.2, -0.15) is 0 Å². The molecule has 3 rings (SSSR count). The maximum absolute atomic E-state index is 13.0. The van der Waals surface area contributed by atoms with Crippen molar-refractivity contribution in [1.29, 1.82) is 0 Å². The molecule has 5 heteroatoms. The fourth-order valence-electron chi connectivity index (χ4n) is 2.48. The van der Waals surface area contributed by atoms with Crippen molar-refractivity contribution in [1.82, 2.24) is 9.88 Å². The number of rotatable bonds is 3. The van der Waals surface area contributed by atoms with Crippen LogP contribution in [0.4, 0.5) is 4.39 Å². The van der Waals surface area contributed by atoms with E-state index in [1.54, 1.807) is 23.5 Å². The molecule has 21 heavy (non-hydrogen) atoms. The number of hydrogen-bond acceptors (Lipinski definition) is 4. The molecule has 1 aliphatic rings. The highest BCUT2D eigenvalue weighted by molar-refractivity contribution is 7.13. The number of morpholine rings is 1. The van der Waals surface area contributed by atoms with E-state index in [9.17, 15) is 4.39 Å². The molecule has 0 unspecified atom stereocenters. The van der Waals surface area contributed by atoms with Crippen LogP contribution in [0.3, 0.4) is 0 Å². The highest BCUT2D eigenvalue weighted by Crippen LogP contribution is 2.26. The summed E-state index contributed by atoms with van der Waals surface area (Å²) in [5.41, 5.74) is 2.07. The molecule has 0 bridgehead atoms. The van der Waals surface area contributed by atoms with Gasteiger partial charge in [0, 0.05) is 29.6 Å². The molecule has 0 saturated carbocycles. The van der Waals surface area contributed by atoms with Crippen LogP contribution in [0.2, 0.25) is 0 Å². The second-order valence-electron chi connectivity index (χ2n) is 5.94. The van der Waals surface area contributed by atoms with Crippen LogP contribution in [0.5, 0.6) is 0 Å². The number of aromatic nitrogens is 1. The van der Waals surface area contributed by atoms with Gasteiger partial charge in [0.1, 0.15) is 10.8 Å². The van der Waals surface area contributed by atoms with E-state index < -0.39 is 0 Å². The molecular formula is C16H19FN2OS.